The summed E-state index contributed by atoms with van der Waals surface area (Å²) in [4.78, 5) is 12.3. The smallest absolute Gasteiger partial charge is 0.233 e. The van der Waals surface area contributed by atoms with E-state index in [2.05, 4.69) is 16.7 Å². The zero-order chi connectivity index (χ0) is 13.9. The molecule has 20 heavy (non-hydrogen) atoms. The van der Waals surface area contributed by atoms with Crippen LogP contribution in [-0.2, 0) is 4.79 Å². The third kappa shape index (κ3) is 2.21. The van der Waals surface area contributed by atoms with Crippen molar-refractivity contribution < 1.29 is 4.79 Å². The highest BCUT2D eigenvalue weighted by molar-refractivity contribution is 5.98. The highest BCUT2D eigenvalue weighted by atomic mass is 16.1. The lowest BCUT2D eigenvalue weighted by Gasteiger charge is -2.11. The first kappa shape index (κ1) is 12.2. The second kappa shape index (κ2) is 5.06. The normalized spacial score (nSPS) is 15.8. The molecule has 1 atom stereocenters. The molecular formula is C16H13N3O. The molecule has 3 rings (SSSR count). The number of anilines is 2. The molecule has 0 spiro atoms. The lowest BCUT2D eigenvalue weighted by atomic mass is 10.0. The van der Waals surface area contributed by atoms with E-state index in [1.54, 1.807) is 24.3 Å². The number of rotatable bonds is 2. The fourth-order valence-electron chi connectivity index (χ4n) is 2.38. The molecule has 0 bridgehead atoms. The Morgan fingerprint density at radius 1 is 1.20 bits per heavy atom. The first-order chi connectivity index (χ1) is 9.78. The summed E-state index contributed by atoms with van der Waals surface area (Å²) in [7, 11) is 0. The van der Waals surface area contributed by atoms with Crippen molar-refractivity contribution in [3.8, 4) is 6.07 Å². The quantitative estimate of drug-likeness (QED) is 0.875. The molecule has 98 valence electrons. The van der Waals surface area contributed by atoms with E-state index in [0.717, 1.165) is 11.3 Å². The van der Waals surface area contributed by atoms with Gasteiger partial charge in [-0.05, 0) is 35.9 Å². The molecule has 2 aromatic rings. The third-order valence-corrected chi connectivity index (χ3v) is 3.43. The number of carbonyl (C=O) groups is 1. The van der Waals surface area contributed by atoms with Gasteiger partial charge >= 0.3 is 0 Å². The predicted molar refractivity (Wildman–Crippen MR) is 77.5 cm³/mol. The van der Waals surface area contributed by atoms with Crippen molar-refractivity contribution in [1.82, 2.24) is 0 Å². The predicted octanol–water partition coefficient (Wildman–Crippen LogP) is 2.71. The van der Waals surface area contributed by atoms with Crippen LogP contribution in [0.1, 0.15) is 17.0 Å². The molecule has 0 saturated heterocycles. The highest BCUT2D eigenvalue weighted by Crippen LogP contribution is 2.31. The Labute approximate surface area is 117 Å². The topological polar surface area (TPSA) is 64.9 Å². The van der Waals surface area contributed by atoms with Gasteiger partial charge in [0.05, 0.1) is 17.6 Å². The molecule has 1 aliphatic heterocycles. The van der Waals surface area contributed by atoms with Gasteiger partial charge < -0.3 is 10.6 Å². The average molecular weight is 263 g/mol. The largest absolute Gasteiger partial charge is 0.384 e. The van der Waals surface area contributed by atoms with Gasteiger partial charge in [0.15, 0.2) is 0 Å². The summed E-state index contributed by atoms with van der Waals surface area (Å²) in [6.45, 7) is 0.613. The molecule has 0 fully saturated rings. The summed E-state index contributed by atoms with van der Waals surface area (Å²) in [5, 5.41) is 14.9. The minimum absolute atomic E-state index is 0.0350. The van der Waals surface area contributed by atoms with Gasteiger partial charge in [-0.15, -0.1) is 0 Å². The second-order valence-corrected chi connectivity index (χ2v) is 4.70. The maximum Gasteiger partial charge on any atom is 0.233 e. The molecule has 1 aliphatic rings. The molecule has 4 heteroatoms. The van der Waals surface area contributed by atoms with E-state index < -0.39 is 0 Å². The summed E-state index contributed by atoms with van der Waals surface area (Å²) < 4.78 is 0. The lowest BCUT2D eigenvalue weighted by Crippen LogP contribution is -2.22. The summed E-state index contributed by atoms with van der Waals surface area (Å²) in [5.41, 5.74) is 3.33. The number of nitrogens with one attached hydrogen (secondary N) is 2. The van der Waals surface area contributed by atoms with Crippen LogP contribution in [0.2, 0.25) is 0 Å². The van der Waals surface area contributed by atoms with Crippen LogP contribution in [0.25, 0.3) is 0 Å². The Morgan fingerprint density at radius 3 is 2.70 bits per heavy atom. The molecule has 0 aromatic heterocycles. The Hall–Kier alpha value is -2.80. The van der Waals surface area contributed by atoms with E-state index in [0.29, 0.717) is 17.8 Å². The Kier molecular flexibility index (Phi) is 3.10. The van der Waals surface area contributed by atoms with E-state index in [9.17, 15) is 4.79 Å². The van der Waals surface area contributed by atoms with Crippen LogP contribution in [0.5, 0.6) is 0 Å². The van der Waals surface area contributed by atoms with Crippen LogP contribution in [-0.4, -0.2) is 12.5 Å². The molecule has 0 radical (unpaired) electrons. The van der Waals surface area contributed by atoms with E-state index >= 15 is 0 Å². The van der Waals surface area contributed by atoms with E-state index in [-0.39, 0.29) is 11.8 Å². The molecule has 2 N–H and O–H groups in total. The maximum absolute atomic E-state index is 12.3. The van der Waals surface area contributed by atoms with Crippen molar-refractivity contribution >= 4 is 17.3 Å². The van der Waals surface area contributed by atoms with E-state index in [1.165, 1.54) is 0 Å². The SMILES string of the molecule is N#Cc1ccc(NC(=O)C2CNc3ccccc32)cc1. The Morgan fingerprint density at radius 2 is 1.95 bits per heavy atom. The van der Waals surface area contributed by atoms with Crippen molar-refractivity contribution in [3.63, 3.8) is 0 Å². The first-order valence-electron chi connectivity index (χ1n) is 6.42. The van der Waals surface area contributed by atoms with Gasteiger partial charge in [-0.3, -0.25) is 4.79 Å². The first-order valence-corrected chi connectivity index (χ1v) is 6.42. The number of fused-ring (bicyclic) bond motifs is 1. The van der Waals surface area contributed by atoms with E-state index in [4.69, 9.17) is 5.26 Å². The van der Waals surface area contributed by atoms with Gasteiger partial charge in [-0.25, -0.2) is 0 Å². The average Bonchev–Trinajstić information content (AvgIpc) is 2.92. The minimum atomic E-state index is -0.179. The summed E-state index contributed by atoms with van der Waals surface area (Å²) in [5.74, 6) is -0.214. The van der Waals surface area contributed by atoms with E-state index in [1.807, 2.05) is 24.3 Å². The molecule has 1 unspecified atom stereocenters. The zero-order valence-corrected chi connectivity index (χ0v) is 10.8. The number of amides is 1. The van der Waals surface area contributed by atoms with Gasteiger partial charge in [-0.1, -0.05) is 18.2 Å². The van der Waals surface area contributed by atoms with Crippen molar-refractivity contribution in [3.05, 3.63) is 59.7 Å². The summed E-state index contributed by atoms with van der Waals surface area (Å²) in [6.07, 6.45) is 0. The number of carbonyl (C=O) groups excluding carboxylic acids is 1. The van der Waals surface area contributed by atoms with Crippen LogP contribution in [0.15, 0.2) is 48.5 Å². The van der Waals surface area contributed by atoms with Crippen molar-refractivity contribution in [2.45, 2.75) is 5.92 Å². The van der Waals surface area contributed by atoms with Crippen LogP contribution < -0.4 is 10.6 Å². The van der Waals surface area contributed by atoms with Gasteiger partial charge in [0.2, 0.25) is 5.91 Å². The van der Waals surface area contributed by atoms with Crippen molar-refractivity contribution in [2.75, 3.05) is 17.2 Å². The molecular weight excluding hydrogens is 250 g/mol. The summed E-state index contributed by atoms with van der Waals surface area (Å²) >= 11 is 0. The van der Waals surface area contributed by atoms with Gasteiger partial charge in [0.25, 0.3) is 0 Å². The molecule has 4 nitrogen and oxygen atoms in total. The fraction of sp³-hybridized carbons (Fsp3) is 0.125. The van der Waals surface area contributed by atoms with Crippen LogP contribution in [0, 0.1) is 11.3 Å². The number of benzene rings is 2. The fourth-order valence-corrected chi connectivity index (χ4v) is 2.38. The van der Waals surface area contributed by atoms with Gasteiger partial charge in [-0.2, -0.15) is 5.26 Å². The molecule has 1 heterocycles. The molecule has 2 aromatic carbocycles. The Balaban J connectivity index is 1.76. The van der Waals surface area contributed by atoms with Crippen LogP contribution in [0.3, 0.4) is 0 Å². The molecule has 1 amide bonds. The molecule has 0 aliphatic carbocycles. The second-order valence-electron chi connectivity index (χ2n) is 4.70. The maximum atomic E-state index is 12.3. The Bertz CT molecular complexity index is 686. The van der Waals surface area contributed by atoms with Crippen LogP contribution >= 0.6 is 0 Å². The number of para-hydroxylation sites is 1. The highest BCUT2D eigenvalue weighted by Gasteiger charge is 2.27. The lowest BCUT2D eigenvalue weighted by molar-refractivity contribution is -0.117. The number of hydrogen-bond donors (Lipinski definition) is 2. The van der Waals surface area contributed by atoms with Gasteiger partial charge in [0.1, 0.15) is 0 Å². The monoisotopic (exact) mass is 263 g/mol. The number of nitriles is 1. The van der Waals surface area contributed by atoms with Gasteiger partial charge in [0, 0.05) is 17.9 Å². The van der Waals surface area contributed by atoms with Crippen molar-refractivity contribution in [1.29, 1.82) is 5.26 Å². The van der Waals surface area contributed by atoms with Crippen molar-refractivity contribution in [2.24, 2.45) is 0 Å². The zero-order valence-electron chi connectivity index (χ0n) is 10.8. The molecule has 0 saturated carbocycles. The standard InChI is InChI=1S/C16H13N3O/c17-9-11-5-7-12(8-6-11)19-16(20)14-10-18-15-4-2-1-3-13(14)15/h1-8,14,18H,10H2,(H,19,20). The minimum Gasteiger partial charge on any atom is -0.384 e. The summed E-state index contributed by atoms with van der Waals surface area (Å²) in [6, 6.07) is 16.8. The van der Waals surface area contributed by atoms with Crippen LogP contribution in [0.4, 0.5) is 11.4 Å². The number of hydrogen-bond acceptors (Lipinski definition) is 3. The third-order valence-electron chi connectivity index (χ3n) is 3.43. The number of nitrogens with zero attached hydrogens (tertiary/aromatic N) is 1.